The minimum Gasteiger partial charge on any atom is -0.336 e. The molecule has 0 aromatic heterocycles. The zero-order chi connectivity index (χ0) is 7.40. The highest BCUT2D eigenvalue weighted by molar-refractivity contribution is 5.64. The Bertz CT molecular complexity index is 120. The van der Waals surface area contributed by atoms with Crippen LogP contribution >= 0.6 is 0 Å². The summed E-state index contributed by atoms with van der Waals surface area (Å²) in [5, 5.41) is 0. The summed E-state index contributed by atoms with van der Waals surface area (Å²) in [6.45, 7) is 0.743. The van der Waals surface area contributed by atoms with Crippen molar-refractivity contribution in [3.8, 4) is 0 Å². The van der Waals surface area contributed by atoms with Gasteiger partial charge in [0.15, 0.2) is 0 Å². The Morgan fingerprint density at radius 1 is 1.30 bits per heavy atom. The summed E-state index contributed by atoms with van der Waals surface area (Å²) in [5.41, 5.74) is 0. The number of nitrogens with zero attached hydrogens (tertiary/aromatic N) is 1. The average molecular weight is 141 g/mol. The summed E-state index contributed by atoms with van der Waals surface area (Å²) >= 11 is 0. The third-order valence-corrected chi connectivity index (χ3v) is 1.88. The molecule has 1 saturated heterocycles. The molecule has 1 amide bonds. The number of hydrogen-bond acceptors (Lipinski definition) is 2. The van der Waals surface area contributed by atoms with Gasteiger partial charge in [0.1, 0.15) is 6.29 Å². The molecule has 0 aromatic rings. The Hall–Kier alpha value is -0.860. The van der Waals surface area contributed by atoms with Gasteiger partial charge < -0.3 is 9.69 Å². The van der Waals surface area contributed by atoms with E-state index in [1.807, 2.05) is 0 Å². The van der Waals surface area contributed by atoms with E-state index < -0.39 is 0 Å². The van der Waals surface area contributed by atoms with Gasteiger partial charge in [-0.15, -0.1) is 0 Å². The highest BCUT2D eigenvalue weighted by Crippen LogP contribution is 2.12. The van der Waals surface area contributed by atoms with Crippen molar-refractivity contribution in [3.63, 3.8) is 0 Å². The van der Waals surface area contributed by atoms with Crippen molar-refractivity contribution in [2.75, 3.05) is 6.54 Å². The lowest BCUT2D eigenvalue weighted by atomic mass is 10.0. The Morgan fingerprint density at radius 3 is 2.60 bits per heavy atom. The maximum absolute atomic E-state index is 10.3. The van der Waals surface area contributed by atoms with Crippen LogP contribution in [0.1, 0.15) is 19.3 Å². The molecule has 1 rings (SSSR count). The van der Waals surface area contributed by atoms with Crippen LogP contribution in [0.25, 0.3) is 0 Å². The number of carbonyl (C=O) groups excluding carboxylic acids is 2. The van der Waals surface area contributed by atoms with Crippen LogP contribution in [0.2, 0.25) is 0 Å². The SMILES string of the molecule is O=CC1CCCCN1C=O. The van der Waals surface area contributed by atoms with Crippen molar-refractivity contribution < 1.29 is 9.59 Å². The van der Waals surface area contributed by atoms with Crippen LogP contribution in [-0.4, -0.2) is 30.2 Å². The predicted octanol–water partition coefficient (Wildman–Crippen LogP) is 0.196. The van der Waals surface area contributed by atoms with Gasteiger partial charge in [-0.2, -0.15) is 0 Å². The van der Waals surface area contributed by atoms with Crippen LogP contribution in [0, 0.1) is 0 Å². The summed E-state index contributed by atoms with van der Waals surface area (Å²) in [4.78, 5) is 22.2. The first kappa shape index (κ1) is 7.25. The molecule has 3 nitrogen and oxygen atoms in total. The number of hydrogen-bond donors (Lipinski definition) is 0. The van der Waals surface area contributed by atoms with E-state index in [-0.39, 0.29) is 6.04 Å². The molecule has 0 bridgehead atoms. The van der Waals surface area contributed by atoms with E-state index in [0.29, 0.717) is 0 Å². The van der Waals surface area contributed by atoms with E-state index >= 15 is 0 Å². The normalized spacial score (nSPS) is 26.0. The molecule has 0 aliphatic carbocycles. The van der Waals surface area contributed by atoms with E-state index in [2.05, 4.69) is 0 Å². The van der Waals surface area contributed by atoms with Gasteiger partial charge in [-0.1, -0.05) is 0 Å². The largest absolute Gasteiger partial charge is 0.336 e. The van der Waals surface area contributed by atoms with Crippen LogP contribution in [0.4, 0.5) is 0 Å². The van der Waals surface area contributed by atoms with Crippen molar-refractivity contribution in [3.05, 3.63) is 0 Å². The Kier molecular flexibility index (Phi) is 2.42. The van der Waals surface area contributed by atoms with Crippen molar-refractivity contribution in [2.24, 2.45) is 0 Å². The molecule has 3 heteroatoms. The monoisotopic (exact) mass is 141 g/mol. The van der Waals surface area contributed by atoms with E-state index in [4.69, 9.17) is 0 Å². The van der Waals surface area contributed by atoms with Gasteiger partial charge in [0.05, 0.1) is 6.04 Å². The summed E-state index contributed by atoms with van der Waals surface area (Å²) in [5.74, 6) is 0. The Balaban J connectivity index is 2.49. The number of rotatable bonds is 2. The number of amides is 1. The fraction of sp³-hybridized carbons (Fsp3) is 0.714. The van der Waals surface area contributed by atoms with Crippen molar-refractivity contribution in [2.45, 2.75) is 25.3 Å². The van der Waals surface area contributed by atoms with Crippen molar-refractivity contribution >= 4 is 12.7 Å². The maximum Gasteiger partial charge on any atom is 0.210 e. The van der Waals surface area contributed by atoms with E-state index in [9.17, 15) is 9.59 Å². The van der Waals surface area contributed by atoms with Gasteiger partial charge in [0.25, 0.3) is 0 Å². The highest BCUT2D eigenvalue weighted by Gasteiger charge is 2.19. The predicted molar refractivity (Wildman–Crippen MR) is 36.5 cm³/mol. The van der Waals surface area contributed by atoms with Crippen molar-refractivity contribution in [1.82, 2.24) is 4.90 Å². The molecule has 1 atom stereocenters. The van der Waals surface area contributed by atoms with Crippen LogP contribution in [0.5, 0.6) is 0 Å². The molecule has 0 aromatic carbocycles. The molecule has 1 heterocycles. The minimum atomic E-state index is -0.147. The molecular weight excluding hydrogens is 130 g/mol. The first-order valence-corrected chi connectivity index (χ1v) is 3.55. The quantitative estimate of drug-likeness (QED) is 0.515. The fourth-order valence-corrected chi connectivity index (χ4v) is 1.26. The first-order valence-electron chi connectivity index (χ1n) is 3.55. The lowest BCUT2D eigenvalue weighted by molar-refractivity contribution is -0.126. The number of likely N-dealkylation sites (tertiary alicyclic amines) is 1. The molecule has 56 valence electrons. The first-order chi connectivity index (χ1) is 4.88. The third kappa shape index (κ3) is 1.35. The number of carbonyl (C=O) groups is 2. The summed E-state index contributed by atoms with van der Waals surface area (Å²) in [6.07, 6.45) is 4.55. The zero-order valence-electron chi connectivity index (χ0n) is 5.82. The molecule has 0 saturated carbocycles. The van der Waals surface area contributed by atoms with Gasteiger partial charge in [-0.25, -0.2) is 0 Å². The molecule has 1 aliphatic rings. The maximum atomic E-state index is 10.3. The van der Waals surface area contributed by atoms with Gasteiger partial charge in [0.2, 0.25) is 6.41 Å². The molecular formula is C7H11NO2. The molecule has 0 N–H and O–H groups in total. The standard InChI is InChI=1S/C7H11NO2/c9-5-7-3-1-2-4-8(7)6-10/h5-7H,1-4H2. The topological polar surface area (TPSA) is 37.4 Å². The zero-order valence-corrected chi connectivity index (χ0v) is 5.82. The number of aldehydes is 1. The summed E-state index contributed by atoms with van der Waals surface area (Å²) in [6, 6.07) is -0.147. The molecule has 0 spiro atoms. The third-order valence-electron chi connectivity index (χ3n) is 1.88. The second-order valence-electron chi connectivity index (χ2n) is 2.54. The van der Waals surface area contributed by atoms with E-state index in [1.165, 1.54) is 0 Å². The molecule has 1 unspecified atom stereocenters. The van der Waals surface area contributed by atoms with Crippen molar-refractivity contribution in [1.29, 1.82) is 0 Å². The summed E-state index contributed by atoms with van der Waals surface area (Å²) < 4.78 is 0. The van der Waals surface area contributed by atoms with Gasteiger partial charge in [-0.05, 0) is 19.3 Å². The van der Waals surface area contributed by atoms with Crippen LogP contribution in [0.3, 0.4) is 0 Å². The Labute approximate surface area is 60.0 Å². The van der Waals surface area contributed by atoms with E-state index in [0.717, 1.165) is 38.5 Å². The van der Waals surface area contributed by atoms with Crippen LogP contribution in [-0.2, 0) is 9.59 Å². The van der Waals surface area contributed by atoms with Gasteiger partial charge in [-0.3, -0.25) is 4.79 Å². The lowest BCUT2D eigenvalue weighted by Gasteiger charge is -2.28. The second-order valence-corrected chi connectivity index (χ2v) is 2.54. The fourth-order valence-electron chi connectivity index (χ4n) is 1.26. The molecule has 1 aliphatic heterocycles. The molecule has 0 radical (unpaired) electrons. The highest BCUT2D eigenvalue weighted by atomic mass is 16.1. The van der Waals surface area contributed by atoms with Crippen LogP contribution in [0.15, 0.2) is 0 Å². The Morgan fingerprint density at radius 2 is 2.10 bits per heavy atom. The summed E-state index contributed by atoms with van der Waals surface area (Å²) in [7, 11) is 0. The lowest BCUT2D eigenvalue weighted by Crippen LogP contribution is -2.39. The average Bonchev–Trinajstić information content (AvgIpc) is 2.04. The molecule has 1 fully saturated rings. The van der Waals surface area contributed by atoms with Gasteiger partial charge in [0, 0.05) is 6.54 Å². The minimum absolute atomic E-state index is 0.147. The van der Waals surface area contributed by atoms with Gasteiger partial charge >= 0.3 is 0 Å². The van der Waals surface area contributed by atoms with Crippen LogP contribution < -0.4 is 0 Å². The number of piperidine rings is 1. The smallest absolute Gasteiger partial charge is 0.210 e. The molecule has 10 heavy (non-hydrogen) atoms. The second kappa shape index (κ2) is 3.34. The van der Waals surface area contributed by atoms with E-state index in [1.54, 1.807) is 4.90 Å².